The molecule has 1 fully saturated rings. The van der Waals surface area contributed by atoms with Gasteiger partial charge in [-0.05, 0) is 63.3 Å². The summed E-state index contributed by atoms with van der Waals surface area (Å²) < 4.78 is 41.0. The third-order valence-corrected chi connectivity index (χ3v) is 8.38. The molecule has 0 unspecified atom stereocenters. The molecule has 1 aliphatic carbocycles. The number of hydrogen-bond acceptors (Lipinski definition) is 4. The van der Waals surface area contributed by atoms with Crippen LogP contribution in [0.1, 0.15) is 68.6 Å². The van der Waals surface area contributed by atoms with Gasteiger partial charge in [0.05, 0.1) is 11.9 Å². The van der Waals surface area contributed by atoms with Crippen LogP contribution in [-0.4, -0.2) is 50.0 Å². The average molecular weight is 546 g/mol. The van der Waals surface area contributed by atoms with Crippen LogP contribution >= 0.6 is 0 Å². The number of carbonyl (C=O) groups is 2. The second kappa shape index (κ2) is 13.2. The van der Waals surface area contributed by atoms with Crippen LogP contribution in [0, 0.1) is 19.7 Å². The molecule has 2 aromatic carbocycles. The lowest BCUT2D eigenvalue weighted by atomic mass is 9.95. The predicted octanol–water partition coefficient (Wildman–Crippen LogP) is 4.85. The molecule has 208 valence electrons. The Morgan fingerprint density at radius 1 is 1.08 bits per heavy atom. The molecule has 2 amide bonds. The van der Waals surface area contributed by atoms with E-state index in [-0.39, 0.29) is 43.8 Å². The fraction of sp³-hybridized carbons (Fsp3) is 0.517. The Morgan fingerprint density at radius 2 is 1.76 bits per heavy atom. The van der Waals surface area contributed by atoms with Crippen LogP contribution in [0.4, 0.5) is 10.1 Å². The number of carbonyl (C=O) groups excluding carboxylic acids is 2. The van der Waals surface area contributed by atoms with E-state index in [9.17, 15) is 22.4 Å². The van der Waals surface area contributed by atoms with Gasteiger partial charge in [0, 0.05) is 31.1 Å². The first-order chi connectivity index (χ1) is 18.0. The van der Waals surface area contributed by atoms with E-state index >= 15 is 0 Å². The van der Waals surface area contributed by atoms with Crippen molar-refractivity contribution in [1.29, 1.82) is 0 Å². The van der Waals surface area contributed by atoms with Gasteiger partial charge in [0.2, 0.25) is 21.8 Å². The van der Waals surface area contributed by atoms with Crippen LogP contribution in [0.3, 0.4) is 0 Å². The van der Waals surface area contributed by atoms with E-state index < -0.39 is 21.9 Å². The van der Waals surface area contributed by atoms with Gasteiger partial charge < -0.3 is 10.2 Å². The van der Waals surface area contributed by atoms with Gasteiger partial charge >= 0.3 is 0 Å². The molecule has 9 heteroatoms. The zero-order valence-corrected chi connectivity index (χ0v) is 23.7. The van der Waals surface area contributed by atoms with Crippen molar-refractivity contribution in [2.45, 2.75) is 84.3 Å². The van der Waals surface area contributed by atoms with Gasteiger partial charge in [-0.1, -0.05) is 49.6 Å². The van der Waals surface area contributed by atoms with Gasteiger partial charge in [-0.3, -0.25) is 13.9 Å². The van der Waals surface area contributed by atoms with E-state index in [2.05, 4.69) is 5.32 Å². The van der Waals surface area contributed by atoms with Gasteiger partial charge in [0.15, 0.2) is 0 Å². The highest BCUT2D eigenvalue weighted by Gasteiger charge is 2.29. The molecule has 3 rings (SSSR count). The Labute approximate surface area is 226 Å². The highest BCUT2D eigenvalue weighted by atomic mass is 32.2. The molecule has 0 bridgehead atoms. The number of aryl methyl sites for hydroxylation is 2. The van der Waals surface area contributed by atoms with E-state index in [1.165, 1.54) is 15.3 Å². The molecule has 1 saturated carbocycles. The van der Waals surface area contributed by atoms with Crippen molar-refractivity contribution in [3.63, 3.8) is 0 Å². The summed E-state index contributed by atoms with van der Waals surface area (Å²) in [5.74, 6) is -1.02. The summed E-state index contributed by atoms with van der Waals surface area (Å²) in [6.07, 6.45) is 6.54. The van der Waals surface area contributed by atoms with E-state index in [1.54, 1.807) is 25.1 Å². The maximum Gasteiger partial charge on any atom is 0.242 e. The van der Waals surface area contributed by atoms with Gasteiger partial charge in [0.1, 0.15) is 11.9 Å². The first-order valence-electron chi connectivity index (χ1n) is 13.4. The largest absolute Gasteiger partial charge is 0.352 e. The lowest BCUT2D eigenvalue weighted by Crippen LogP contribution is -2.50. The Bertz CT molecular complexity index is 1230. The maximum atomic E-state index is 14.5. The summed E-state index contributed by atoms with van der Waals surface area (Å²) in [6.45, 7) is 5.48. The van der Waals surface area contributed by atoms with Crippen LogP contribution in [0.5, 0.6) is 0 Å². The number of sulfonamides is 1. The molecule has 1 atom stereocenters. The normalized spacial score (nSPS) is 15.1. The molecule has 0 spiro atoms. The number of amides is 2. The monoisotopic (exact) mass is 545 g/mol. The zero-order valence-electron chi connectivity index (χ0n) is 22.9. The fourth-order valence-corrected chi connectivity index (χ4v) is 5.95. The molecular weight excluding hydrogens is 505 g/mol. The summed E-state index contributed by atoms with van der Waals surface area (Å²) >= 11 is 0. The second-order valence-corrected chi connectivity index (χ2v) is 12.3. The maximum absolute atomic E-state index is 14.5. The van der Waals surface area contributed by atoms with Crippen molar-refractivity contribution in [2.24, 2.45) is 0 Å². The first-order valence-corrected chi connectivity index (χ1v) is 15.2. The van der Waals surface area contributed by atoms with E-state index in [1.807, 2.05) is 32.0 Å². The van der Waals surface area contributed by atoms with Crippen molar-refractivity contribution in [3.05, 3.63) is 65.0 Å². The van der Waals surface area contributed by atoms with Gasteiger partial charge in [-0.2, -0.15) is 0 Å². The molecule has 7 nitrogen and oxygen atoms in total. The SMILES string of the molecule is Cc1ccc(C)c(N(CCCC(=O)N(Cc2ccccc2F)[C@H](C)C(=O)NC2CCCCC2)S(C)(=O)=O)c1. The molecule has 2 aromatic rings. The lowest BCUT2D eigenvalue weighted by molar-refractivity contribution is -0.141. The van der Waals surface area contributed by atoms with Crippen LogP contribution in [-0.2, 0) is 26.2 Å². The summed E-state index contributed by atoms with van der Waals surface area (Å²) in [5.41, 5.74) is 2.67. The number of rotatable bonds is 11. The smallest absolute Gasteiger partial charge is 0.242 e. The predicted molar refractivity (Wildman–Crippen MR) is 149 cm³/mol. The van der Waals surface area contributed by atoms with Crippen LogP contribution in [0.2, 0.25) is 0 Å². The van der Waals surface area contributed by atoms with Gasteiger partial charge in [-0.25, -0.2) is 12.8 Å². The minimum Gasteiger partial charge on any atom is -0.352 e. The molecule has 0 heterocycles. The van der Waals surface area contributed by atoms with E-state index in [4.69, 9.17) is 0 Å². The average Bonchev–Trinajstić information content (AvgIpc) is 2.87. The molecular formula is C29H40FN3O4S. The number of hydrogen-bond donors (Lipinski definition) is 1. The van der Waals surface area contributed by atoms with Crippen molar-refractivity contribution in [3.8, 4) is 0 Å². The Hall–Kier alpha value is -2.94. The molecule has 1 N–H and O–H groups in total. The van der Waals surface area contributed by atoms with Crippen LogP contribution in [0.25, 0.3) is 0 Å². The Kier molecular flexibility index (Phi) is 10.3. The topological polar surface area (TPSA) is 86.8 Å². The molecule has 0 aromatic heterocycles. The molecule has 0 aliphatic heterocycles. The minimum atomic E-state index is -3.58. The number of benzene rings is 2. The molecule has 1 aliphatic rings. The molecule has 0 radical (unpaired) electrons. The minimum absolute atomic E-state index is 0.0202. The quantitative estimate of drug-likeness (QED) is 0.437. The number of anilines is 1. The number of halogens is 1. The lowest BCUT2D eigenvalue weighted by Gasteiger charge is -2.31. The third kappa shape index (κ3) is 8.03. The zero-order chi connectivity index (χ0) is 27.9. The van der Waals surface area contributed by atoms with Crippen molar-refractivity contribution in [1.82, 2.24) is 10.2 Å². The van der Waals surface area contributed by atoms with Crippen molar-refractivity contribution >= 4 is 27.5 Å². The summed E-state index contributed by atoms with van der Waals surface area (Å²) in [5, 5.41) is 3.07. The van der Waals surface area contributed by atoms with Gasteiger partial charge in [0.25, 0.3) is 0 Å². The van der Waals surface area contributed by atoms with E-state index in [0.717, 1.165) is 49.5 Å². The summed E-state index contributed by atoms with van der Waals surface area (Å²) in [7, 11) is -3.58. The first kappa shape index (κ1) is 29.6. The van der Waals surface area contributed by atoms with Crippen molar-refractivity contribution < 1.29 is 22.4 Å². The Morgan fingerprint density at radius 3 is 2.42 bits per heavy atom. The summed E-state index contributed by atoms with van der Waals surface area (Å²) in [6, 6.07) is 11.1. The third-order valence-electron chi connectivity index (χ3n) is 7.20. The number of nitrogens with zero attached hydrogens (tertiary/aromatic N) is 2. The van der Waals surface area contributed by atoms with Gasteiger partial charge in [-0.15, -0.1) is 0 Å². The molecule has 38 heavy (non-hydrogen) atoms. The molecule has 0 saturated heterocycles. The van der Waals surface area contributed by atoms with Crippen LogP contribution < -0.4 is 9.62 Å². The highest BCUT2D eigenvalue weighted by Crippen LogP contribution is 2.25. The standard InChI is InChI=1S/C29H40FN3O4S/c1-21-16-17-22(2)27(19-21)33(38(4,36)37)18-10-15-28(34)32(20-24-11-8-9-14-26(24)30)23(3)29(35)31-25-12-6-5-7-13-25/h8-9,11,14,16-17,19,23,25H,5-7,10,12-13,15,18,20H2,1-4H3,(H,31,35)/t23-/m1/s1. The summed E-state index contributed by atoms with van der Waals surface area (Å²) in [4.78, 5) is 28.0. The van der Waals surface area contributed by atoms with E-state index in [0.29, 0.717) is 11.3 Å². The van der Waals surface area contributed by atoms with Crippen LogP contribution in [0.15, 0.2) is 42.5 Å². The van der Waals surface area contributed by atoms with Crippen molar-refractivity contribution in [2.75, 3.05) is 17.1 Å². The number of nitrogens with one attached hydrogen (secondary N) is 1. The Balaban J connectivity index is 1.75. The second-order valence-electron chi connectivity index (χ2n) is 10.4. The fourth-order valence-electron chi connectivity index (χ4n) is 4.93. The highest BCUT2D eigenvalue weighted by molar-refractivity contribution is 7.92.